The maximum atomic E-state index is 13.7. The summed E-state index contributed by atoms with van der Waals surface area (Å²) in [7, 11) is -3.23. The van der Waals surface area contributed by atoms with E-state index in [1.807, 2.05) is 4.72 Å². The van der Waals surface area contributed by atoms with Crippen LogP contribution in [0.15, 0.2) is 64.7 Å². The number of carbonyl (C=O) groups excluding carboxylic acids is 1. The van der Waals surface area contributed by atoms with Crippen LogP contribution in [-0.2, 0) is 27.5 Å². The molecule has 2 N–H and O–H groups in total. The van der Waals surface area contributed by atoms with Gasteiger partial charge in [-0.25, -0.2) is 22.8 Å². The highest BCUT2D eigenvalue weighted by molar-refractivity contribution is 7.92. The molecule has 0 fully saturated rings. The van der Waals surface area contributed by atoms with E-state index in [0.717, 1.165) is 24.4 Å². The molecule has 1 amide bonds. The van der Waals surface area contributed by atoms with Gasteiger partial charge < -0.3 is 5.32 Å². The van der Waals surface area contributed by atoms with Crippen LogP contribution in [0.3, 0.4) is 0 Å². The fraction of sp³-hybridized carbons (Fsp3) is 0.200. The second-order valence-corrected chi connectivity index (χ2v) is 10.8. The minimum absolute atomic E-state index is 0.0331. The summed E-state index contributed by atoms with van der Waals surface area (Å²) in [6, 6.07) is 7.56. The molecule has 0 saturated carbocycles. The first-order valence-corrected chi connectivity index (χ1v) is 13.3. The van der Waals surface area contributed by atoms with Gasteiger partial charge in [0.2, 0.25) is 5.91 Å². The highest BCUT2D eigenvalue weighted by Crippen LogP contribution is 2.37. The fourth-order valence-electron chi connectivity index (χ4n) is 3.91. The van der Waals surface area contributed by atoms with Gasteiger partial charge in [0.15, 0.2) is 5.69 Å². The molecule has 2 aromatic carbocycles. The number of hydrogen-bond acceptors (Lipinski definition) is 6. The lowest BCUT2D eigenvalue weighted by molar-refractivity contribution is -0.140. The van der Waals surface area contributed by atoms with E-state index in [1.165, 1.54) is 36.1 Å². The number of halogens is 5. The largest absolute Gasteiger partial charge is 0.435 e. The predicted octanol–water partition coefficient (Wildman–Crippen LogP) is 4.45. The summed E-state index contributed by atoms with van der Waals surface area (Å²) in [6.07, 6.45) is -2.86. The van der Waals surface area contributed by atoms with Crippen LogP contribution in [-0.4, -0.2) is 35.9 Å². The summed E-state index contributed by atoms with van der Waals surface area (Å²) in [5, 5.41) is 2.07. The minimum Gasteiger partial charge on any atom is -0.359 e. The Balaban J connectivity index is 1.79. The van der Waals surface area contributed by atoms with Crippen LogP contribution in [0, 0.1) is 11.7 Å². The molecule has 1 atom stereocenters. The highest BCUT2D eigenvalue weighted by atomic mass is 35.5. The van der Waals surface area contributed by atoms with E-state index in [1.54, 1.807) is 6.92 Å². The number of sulfonamides is 1. The van der Waals surface area contributed by atoms with E-state index in [-0.39, 0.29) is 29.0 Å². The van der Waals surface area contributed by atoms with Gasteiger partial charge >= 0.3 is 6.18 Å². The normalized spacial score (nSPS) is 12.8. The zero-order valence-electron chi connectivity index (χ0n) is 20.8. The van der Waals surface area contributed by atoms with Gasteiger partial charge in [0, 0.05) is 25.4 Å². The second kappa shape index (κ2) is 10.8. The van der Waals surface area contributed by atoms with Crippen molar-refractivity contribution in [1.29, 1.82) is 0 Å². The monoisotopic (exact) mass is 597 g/mol. The fourth-order valence-corrected chi connectivity index (χ4v) is 5.50. The SMILES string of the molecule is CNC(=O)C(C)Cn1cnc2ccc(-c3cnc(C(F)(F)F)c(NS(=O)(=O)c4ccc(F)cc4Cl)c3)cc2c1=O. The summed E-state index contributed by atoms with van der Waals surface area (Å²) in [4.78, 5) is 32.0. The van der Waals surface area contributed by atoms with Gasteiger partial charge in [0.05, 0.1) is 33.9 Å². The Labute approximate surface area is 229 Å². The number of nitrogens with zero attached hydrogens (tertiary/aromatic N) is 3. The highest BCUT2D eigenvalue weighted by Gasteiger charge is 2.37. The van der Waals surface area contributed by atoms with Gasteiger partial charge in [-0.3, -0.25) is 18.9 Å². The smallest absolute Gasteiger partial charge is 0.359 e. The third-order valence-corrected chi connectivity index (χ3v) is 7.75. The van der Waals surface area contributed by atoms with Crippen molar-refractivity contribution in [2.45, 2.75) is 24.5 Å². The Hall–Kier alpha value is -4.04. The third kappa shape index (κ3) is 5.92. The Morgan fingerprint density at radius 3 is 2.48 bits per heavy atom. The van der Waals surface area contributed by atoms with Crippen LogP contribution in [0.5, 0.6) is 0 Å². The summed E-state index contributed by atoms with van der Waals surface area (Å²) >= 11 is 5.82. The molecule has 2 aromatic heterocycles. The average Bonchev–Trinajstić information content (AvgIpc) is 2.88. The Kier molecular flexibility index (Phi) is 7.85. The number of benzene rings is 2. The summed E-state index contributed by atoms with van der Waals surface area (Å²) < 4.78 is 83.4. The average molecular weight is 598 g/mol. The van der Waals surface area contributed by atoms with Crippen molar-refractivity contribution in [3.63, 3.8) is 0 Å². The molecule has 2 heterocycles. The quantitative estimate of drug-likeness (QED) is 0.304. The van der Waals surface area contributed by atoms with E-state index >= 15 is 0 Å². The molecular formula is C25H20ClF4N5O4S. The van der Waals surface area contributed by atoms with Gasteiger partial charge in [0.25, 0.3) is 15.6 Å². The van der Waals surface area contributed by atoms with E-state index in [2.05, 4.69) is 15.3 Å². The maximum Gasteiger partial charge on any atom is 0.435 e. The van der Waals surface area contributed by atoms with Crippen molar-refractivity contribution in [2.24, 2.45) is 5.92 Å². The molecule has 1 unspecified atom stereocenters. The second-order valence-electron chi connectivity index (χ2n) is 8.75. The minimum atomic E-state index is -5.04. The Bertz CT molecular complexity index is 1790. The lowest BCUT2D eigenvalue weighted by Gasteiger charge is -2.16. The van der Waals surface area contributed by atoms with Gasteiger partial charge in [0.1, 0.15) is 10.7 Å². The van der Waals surface area contributed by atoms with Gasteiger partial charge in [-0.15, -0.1) is 0 Å². The number of rotatable bonds is 7. The summed E-state index contributed by atoms with van der Waals surface area (Å²) in [5.41, 5.74) is -2.34. The molecule has 0 radical (unpaired) electrons. The molecule has 4 rings (SSSR count). The van der Waals surface area contributed by atoms with Gasteiger partial charge in [-0.05, 0) is 42.0 Å². The van der Waals surface area contributed by atoms with Crippen molar-refractivity contribution < 1.29 is 30.8 Å². The molecule has 4 aromatic rings. The molecule has 210 valence electrons. The lowest BCUT2D eigenvalue weighted by atomic mass is 10.0. The molecule has 0 aliphatic heterocycles. The molecule has 9 nitrogen and oxygen atoms in total. The molecule has 0 bridgehead atoms. The zero-order valence-corrected chi connectivity index (χ0v) is 22.3. The first kappa shape index (κ1) is 29.0. The molecule has 0 aliphatic carbocycles. The molecular weight excluding hydrogens is 578 g/mol. The lowest BCUT2D eigenvalue weighted by Crippen LogP contribution is -2.32. The number of pyridine rings is 1. The first-order valence-electron chi connectivity index (χ1n) is 11.5. The predicted molar refractivity (Wildman–Crippen MR) is 140 cm³/mol. The van der Waals surface area contributed by atoms with Crippen molar-refractivity contribution in [3.05, 3.63) is 81.9 Å². The van der Waals surface area contributed by atoms with Crippen molar-refractivity contribution in [3.8, 4) is 11.1 Å². The van der Waals surface area contributed by atoms with E-state index < -0.39 is 54.8 Å². The van der Waals surface area contributed by atoms with Crippen LogP contribution in [0.4, 0.5) is 23.2 Å². The summed E-state index contributed by atoms with van der Waals surface area (Å²) in [6.45, 7) is 1.66. The van der Waals surface area contributed by atoms with Crippen molar-refractivity contribution in [2.75, 3.05) is 11.8 Å². The molecule has 0 aliphatic rings. The number of nitrogens with one attached hydrogen (secondary N) is 2. The van der Waals surface area contributed by atoms with Gasteiger partial charge in [-0.2, -0.15) is 13.2 Å². The number of anilines is 1. The van der Waals surface area contributed by atoms with Crippen LogP contribution >= 0.6 is 11.6 Å². The molecule has 0 saturated heterocycles. The Morgan fingerprint density at radius 2 is 1.82 bits per heavy atom. The van der Waals surface area contributed by atoms with Crippen molar-refractivity contribution in [1.82, 2.24) is 19.9 Å². The molecule has 15 heteroatoms. The number of fused-ring (bicyclic) bond motifs is 1. The van der Waals surface area contributed by atoms with E-state index in [4.69, 9.17) is 11.6 Å². The maximum absolute atomic E-state index is 13.7. The van der Waals surface area contributed by atoms with E-state index in [9.17, 15) is 35.6 Å². The van der Waals surface area contributed by atoms with Crippen LogP contribution in [0.2, 0.25) is 5.02 Å². The van der Waals surface area contributed by atoms with Crippen LogP contribution in [0.1, 0.15) is 12.6 Å². The summed E-state index contributed by atoms with van der Waals surface area (Å²) in [5.74, 6) is -1.67. The molecule has 0 spiro atoms. The first-order chi connectivity index (χ1) is 18.7. The number of aromatic nitrogens is 3. The Morgan fingerprint density at radius 1 is 1.10 bits per heavy atom. The number of hydrogen-bond donors (Lipinski definition) is 2. The molecule has 40 heavy (non-hydrogen) atoms. The van der Waals surface area contributed by atoms with Crippen molar-refractivity contribution >= 4 is 44.1 Å². The standard InChI is InChI=1S/C25H20ClF4N5O4S/c1-13(23(36)31-2)11-35-12-33-19-5-3-14(7-17(19)24(35)37)15-8-20(22(32-10-15)25(28,29)30)34-40(38,39)21-6-4-16(27)9-18(21)26/h3-10,12-13,34H,11H2,1-2H3,(H,31,36). The topological polar surface area (TPSA) is 123 Å². The number of amides is 1. The van der Waals surface area contributed by atoms with Crippen LogP contribution in [0.25, 0.3) is 22.0 Å². The number of carbonyl (C=O) groups is 1. The van der Waals surface area contributed by atoms with E-state index in [0.29, 0.717) is 11.6 Å². The van der Waals surface area contributed by atoms with Gasteiger partial charge in [-0.1, -0.05) is 24.6 Å². The van der Waals surface area contributed by atoms with Crippen LogP contribution < -0.4 is 15.6 Å². The number of alkyl halides is 3. The third-order valence-electron chi connectivity index (χ3n) is 5.91. The zero-order chi connectivity index (χ0) is 29.4.